The molecule has 0 fully saturated rings. The lowest BCUT2D eigenvalue weighted by Gasteiger charge is -2.34. The smallest absolute Gasteiger partial charge is 0.0190 e. The molecule has 126 valence electrons. The summed E-state index contributed by atoms with van der Waals surface area (Å²) in [5.41, 5.74) is 2.48. The molecule has 0 aliphatic carbocycles. The molecule has 0 aliphatic rings. The van der Waals surface area contributed by atoms with E-state index in [1.807, 2.05) is 0 Å². The quantitative estimate of drug-likeness (QED) is 0.390. The summed E-state index contributed by atoms with van der Waals surface area (Å²) in [7, 11) is 0. The van der Waals surface area contributed by atoms with Crippen LogP contribution in [0.3, 0.4) is 0 Å². The Balaban J connectivity index is 2.22. The van der Waals surface area contributed by atoms with E-state index in [2.05, 4.69) is 71.9 Å². The molecule has 0 saturated carbocycles. The molecule has 1 aromatic carbocycles. The molecule has 1 rings (SSSR count). The molecule has 1 atom stereocenters. The van der Waals surface area contributed by atoms with Crippen LogP contribution < -0.4 is 0 Å². The summed E-state index contributed by atoms with van der Waals surface area (Å²) in [5.74, 6) is 0.702. The minimum atomic E-state index is 0.491. The average Bonchev–Trinajstić information content (AvgIpc) is 2.46. The monoisotopic (exact) mass is 302 g/mol. The Bertz CT molecular complexity index is 399. The molecule has 22 heavy (non-hydrogen) atoms. The van der Waals surface area contributed by atoms with Gasteiger partial charge in [-0.25, -0.2) is 0 Å². The second-order valence-electron chi connectivity index (χ2n) is 8.77. The van der Waals surface area contributed by atoms with Gasteiger partial charge in [0.05, 0.1) is 0 Å². The van der Waals surface area contributed by atoms with Crippen molar-refractivity contribution in [3.05, 3.63) is 35.9 Å². The highest BCUT2D eigenvalue weighted by Gasteiger charge is 2.26. The summed E-state index contributed by atoms with van der Waals surface area (Å²) in [6.07, 6.45) is 9.45. The van der Waals surface area contributed by atoms with Crippen molar-refractivity contribution in [2.24, 2.45) is 10.8 Å². The highest BCUT2D eigenvalue weighted by molar-refractivity contribution is 5.18. The van der Waals surface area contributed by atoms with E-state index >= 15 is 0 Å². The van der Waals surface area contributed by atoms with Gasteiger partial charge >= 0.3 is 0 Å². The highest BCUT2D eigenvalue weighted by Crippen LogP contribution is 2.39. The third kappa shape index (κ3) is 7.47. The molecule has 1 unspecified atom stereocenters. The Morgan fingerprint density at radius 1 is 0.864 bits per heavy atom. The second kappa shape index (κ2) is 8.75. The summed E-state index contributed by atoms with van der Waals surface area (Å²) >= 11 is 0. The number of hydrogen-bond donors (Lipinski definition) is 0. The zero-order chi connectivity index (χ0) is 16.6. The lowest BCUT2D eigenvalue weighted by molar-refractivity contribution is 0.173. The summed E-state index contributed by atoms with van der Waals surface area (Å²) in [4.78, 5) is 0. The van der Waals surface area contributed by atoms with Gasteiger partial charge in [-0.2, -0.15) is 0 Å². The van der Waals surface area contributed by atoms with Gasteiger partial charge in [0.25, 0.3) is 0 Å². The zero-order valence-corrected chi connectivity index (χ0v) is 15.9. The van der Waals surface area contributed by atoms with Gasteiger partial charge in [0.2, 0.25) is 0 Å². The van der Waals surface area contributed by atoms with Gasteiger partial charge in [0.1, 0.15) is 0 Å². The van der Waals surface area contributed by atoms with Crippen LogP contribution >= 0.6 is 0 Å². The van der Waals surface area contributed by atoms with Crippen LogP contribution in [0.4, 0.5) is 0 Å². The fourth-order valence-corrected chi connectivity index (χ4v) is 3.69. The van der Waals surface area contributed by atoms with Crippen LogP contribution in [0.5, 0.6) is 0 Å². The van der Waals surface area contributed by atoms with E-state index in [0.29, 0.717) is 16.7 Å². The van der Waals surface area contributed by atoms with Crippen LogP contribution in [0.2, 0.25) is 0 Å². The highest BCUT2D eigenvalue weighted by atomic mass is 14.3. The molecule has 0 saturated heterocycles. The molecular weight excluding hydrogens is 264 g/mol. The summed E-state index contributed by atoms with van der Waals surface area (Å²) in [5, 5.41) is 0. The molecule has 0 amide bonds. The van der Waals surface area contributed by atoms with E-state index in [1.54, 1.807) is 0 Å². The van der Waals surface area contributed by atoms with E-state index in [-0.39, 0.29) is 0 Å². The van der Waals surface area contributed by atoms with E-state index in [1.165, 1.54) is 50.5 Å². The number of hydrogen-bond acceptors (Lipinski definition) is 0. The predicted molar refractivity (Wildman–Crippen MR) is 100 cm³/mol. The molecule has 0 heteroatoms. The number of unbranched alkanes of at least 4 members (excludes halogenated alkanes) is 2. The van der Waals surface area contributed by atoms with Gasteiger partial charge in [-0.1, -0.05) is 97.6 Å². The second-order valence-corrected chi connectivity index (χ2v) is 8.77. The Hall–Kier alpha value is -0.780. The minimum Gasteiger partial charge on any atom is -0.0649 e. The van der Waals surface area contributed by atoms with Crippen LogP contribution in [0, 0.1) is 10.8 Å². The standard InChI is InChI=1S/C22H38/c1-7-21(3,4)18-22(5,6)17-13-9-10-14-19(2)20-15-11-8-12-16-20/h8,11-12,15-16,19H,7,9-10,13-14,17-18H2,1-6H3. The largest absolute Gasteiger partial charge is 0.0649 e. The average molecular weight is 303 g/mol. The van der Waals surface area contributed by atoms with Gasteiger partial charge in [0, 0.05) is 0 Å². The molecule has 0 N–H and O–H groups in total. The molecule has 1 aromatic rings. The fourth-order valence-electron chi connectivity index (χ4n) is 3.69. The fraction of sp³-hybridized carbons (Fsp3) is 0.727. The van der Waals surface area contributed by atoms with Crippen molar-refractivity contribution < 1.29 is 0 Å². The third-order valence-electron chi connectivity index (χ3n) is 5.27. The van der Waals surface area contributed by atoms with Crippen molar-refractivity contribution >= 4 is 0 Å². The van der Waals surface area contributed by atoms with Gasteiger partial charge in [-0.15, -0.1) is 0 Å². The van der Waals surface area contributed by atoms with E-state index < -0.39 is 0 Å². The van der Waals surface area contributed by atoms with Crippen LogP contribution in [-0.4, -0.2) is 0 Å². The number of rotatable bonds is 10. The molecule has 0 radical (unpaired) electrons. The predicted octanol–water partition coefficient (Wildman–Crippen LogP) is 7.59. The van der Waals surface area contributed by atoms with Crippen LogP contribution in [0.25, 0.3) is 0 Å². The first-order chi connectivity index (χ1) is 10.3. The Kier molecular flexibility index (Phi) is 7.66. The molecular formula is C22H38. The zero-order valence-electron chi connectivity index (χ0n) is 15.9. The maximum atomic E-state index is 2.46. The summed E-state index contributed by atoms with van der Waals surface area (Å²) < 4.78 is 0. The Labute approximate surface area is 139 Å². The molecule has 0 bridgehead atoms. The van der Waals surface area contributed by atoms with Gasteiger partial charge in [-0.3, -0.25) is 0 Å². The summed E-state index contributed by atoms with van der Waals surface area (Å²) in [6, 6.07) is 10.9. The van der Waals surface area contributed by atoms with Gasteiger partial charge in [0.15, 0.2) is 0 Å². The van der Waals surface area contributed by atoms with Crippen molar-refractivity contribution in [1.29, 1.82) is 0 Å². The lowest BCUT2D eigenvalue weighted by Crippen LogP contribution is -2.22. The molecule has 0 heterocycles. The molecule has 0 aromatic heterocycles. The summed E-state index contributed by atoms with van der Waals surface area (Å²) in [6.45, 7) is 14.4. The molecule has 0 spiro atoms. The SMILES string of the molecule is CCC(C)(C)CC(C)(C)CCCCCC(C)c1ccccc1. The van der Waals surface area contributed by atoms with E-state index in [9.17, 15) is 0 Å². The normalized spacial score (nSPS) is 14.1. The van der Waals surface area contributed by atoms with Crippen molar-refractivity contribution in [3.63, 3.8) is 0 Å². The molecule has 0 nitrogen and oxygen atoms in total. The van der Waals surface area contributed by atoms with E-state index in [0.717, 1.165) is 0 Å². The van der Waals surface area contributed by atoms with Crippen LogP contribution in [-0.2, 0) is 0 Å². The number of benzene rings is 1. The van der Waals surface area contributed by atoms with Crippen molar-refractivity contribution in [3.8, 4) is 0 Å². The third-order valence-corrected chi connectivity index (χ3v) is 5.27. The first-order valence-electron chi connectivity index (χ1n) is 9.31. The first-order valence-corrected chi connectivity index (χ1v) is 9.31. The maximum absolute atomic E-state index is 2.46. The minimum absolute atomic E-state index is 0.491. The van der Waals surface area contributed by atoms with Crippen LogP contribution in [0.15, 0.2) is 30.3 Å². The van der Waals surface area contributed by atoms with Gasteiger partial charge < -0.3 is 0 Å². The van der Waals surface area contributed by atoms with Crippen molar-refractivity contribution in [2.45, 2.75) is 92.4 Å². The van der Waals surface area contributed by atoms with Crippen LogP contribution in [0.1, 0.15) is 98.0 Å². The van der Waals surface area contributed by atoms with Crippen molar-refractivity contribution in [2.75, 3.05) is 0 Å². The Morgan fingerprint density at radius 2 is 1.50 bits per heavy atom. The van der Waals surface area contributed by atoms with E-state index in [4.69, 9.17) is 0 Å². The first kappa shape index (κ1) is 19.3. The maximum Gasteiger partial charge on any atom is -0.0190 e. The lowest BCUT2D eigenvalue weighted by atomic mass is 9.71. The topological polar surface area (TPSA) is 0 Å². The Morgan fingerprint density at radius 3 is 2.09 bits per heavy atom. The molecule has 0 aliphatic heterocycles. The van der Waals surface area contributed by atoms with Gasteiger partial charge in [-0.05, 0) is 41.6 Å². The van der Waals surface area contributed by atoms with Crippen molar-refractivity contribution in [1.82, 2.24) is 0 Å².